The van der Waals surface area contributed by atoms with Crippen LogP contribution in [0.2, 0.25) is 0 Å². The Kier molecular flexibility index (Phi) is 4.28. The third kappa shape index (κ3) is 3.55. The van der Waals surface area contributed by atoms with Crippen molar-refractivity contribution < 1.29 is 14.3 Å². The van der Waals surface area contributed by atoms with Gasteiger partial charge in [-0.1, -0.05) is 0 Å². The normalized spacial score (nSPS) is 10.4. The minimum absolute atomic E-state index is 0.245. The lowest BCUT2D eigenvalue weighted by Crippen LogP contribution is -2.28. The van der Waals surface area contributed by atoms with Crippen LogP contribution in [0.1, 0.15) is 15.9 Å². The summed E-state index contributed by atoms with van der Waals surface area (Å²) in [5.74, 6) is 0.301. The van der Waals surface area contributed by atoms with Gasteiger partial charge in [-0.25, -0.2) is 5.43 Å². The Balaban J connectivity index is 1.97. The number of hydrogen-bond acceptors (Lipinski definition) is 4. The van der Waals surface area contributed by atoms with E-state index in [-0.39, 0.29) is 5.56 Å². The SMILES string of the molecule is COc1ccc(C=NNC(=O)c2ccc[n+]([O-])c2)cc1. The maximum atomic E-state index is 11.7. The summed E-state index contributed by atoms with van der Waals surface area (Å²) < 4.78 is 5.59. The number of nitrogens with one attached hydrogen (secondary N) is 1. The number of carbonyl (C=O) groups excluding carboxylic acids is 1. The summed E-state index contributed by atoms with van der Waals surface area (Å²) in [5, 5.41) is 14.9. The smallest absolute Gasteiger partial charge is 0.277 e. The molecule has 1 heterocycles. The van der Waals surface area contributed by atoms with Gasteiger partial charge < -0.3 is 9.94 Å². The molecule has 1 amide bonds. The van der Waals surface area contributed by atoms with Crippen LogP contribution in [0.4, 0.5) is 0 Å². The number of pyridine rings is 1. The highest BCUT2D eigenvalue weighted by atomic mass is 16.5. The molecule has 0 atom stereocenters. The molecule has 2 aromatic rings. The monoisotopic (exact) mass is 271 g/mol. The number of amides is 1. The molecule has 0 saturated carbocycles. The van der Waals surface area contributed by atoms with Crippen LogP contribution < -0.4 is 14.9 Å². The Morgan fingerprint density at radius 2 is 2.10 bits per heavy atom. The summed E-state index contributed by atoms with van der Waals surface area (Å²) in [7, 11) is 1.59. The Morgan fingerprint density at radius 3 is 2.75 bits per heavy atom. The number of benzene rings is 1. The van der Waals surface area contributed by atoms with Gasteiger partial charge in [-0.2, -0.15) is 9.83 Å². The second kappa shape index (κ2) is 6.33. The first kappa shape index (κ1) is 13.5. The van der Waals surface area contributed by atoms with Crippen molar-refractivity contribution >= 4 is 12.1 Å². The number of carbonyl (C=O) groups is 1. The lowest BCUT2D eigenvalue weighted by atomic mass is 10.2. The second-order valence-electron chi connectivity index (χ2n) is 3.92. The van der Waals surface area contributed by atoms with Gasteiger partial charge in [-0.15, -0.1) is 0 Å². The van der Waals surface area contributed by atoms with Crippen LogP contribution in [0, 0.1) is 5.21 Å². The first-order chi connectivity index (χ1) is 9.69. The molecule has 1 aromatic heterocycles. The zero-order valence-electron chi connectivity index (χ0n) is 10.8. The molecule has 0 aliphatic carbocycles. The Bertz CT molecular complexity index is 624. The summed E-state index contributed by atoms with van der Waals surface area (Å²) >= 11 is 0. The Morgan fingerprint density at radius 1 is 1.35 bits per heavy atom. The van der Waals surface area contributed by atoms with Gasteiger partial charge in [0, 0.05) is 6.07 Å². The predicted octanol–water partition coefficient (Wildman–Crippen LogP) is 1.09. The Hall–Kier alpha value is -2.89. The van der Waals surface area contributed by atoms with Crippen LogP contribution >= 0.6 is 0 Å². The maximum Gasteiger partial charge on any atom is 0.277 e. The van der Waals surface area contributed by atoms with E-state index in [2.05, 4.69) is 10.5 Å². The molecule has 20 heavy (non-hydrogen) atoms. The first-order valence-electron chi connectivity index (χ1n) is 5.85. The topological polar surface area (TPSA) is 77.6 Å². The fraction of sp³-hybridized carbons (Fsp3) is 0.0714. The van der Waals surface area contributed by atoms with Crippen LogP contribution in [0.3, 0.4) is 0 Å². The average Bonchev–Trinajstić information content (AvgIpc) is 2.48. The van der Waals surface area contributed by atoms with Crippen molar-refractivity contribution in [2.24, 2.45) is 5.10 Å². The van der Waals surface area contributed by atoms with Crippen molar-refractivity contribution in [2.45, 2.75) is 0 Å². The molecule has 1 aromatic carbocycles. The molecule has 0 aliphatic rings. The summed E-state index contributed by atoms with van der Waals surface area (Å²) in [5.41, 5.74) is 3.41. The van der Waals surface area contributed by atoms with Crippen molar-refractivity contribution in [1.82, 2.24) is 5.43 Å². The molecular weight excluding hydrogens is 258 g/mol. The van der Waals surface area contributed by atoms with Crippen molar-refractivity contribution in [3.8, 4) is 5.75 Å². The highest BCUT2D eigenvalue weighted by Crippen LogP contribution is 2.09. The van der Waals surface area contributed by atoms with Crippen LogP contribution in [0.15, 0.2) is 53.9 Å². The highest BCUT2D eigenvalue weighted by molar-refractivity contribution is 5.94. The molecule has 2 rings (SSSR count). The van der Waals surface area contributed by atoms with Gasteiger partial charge in [-0.3, -0.25) is 4.79 Å². The van der Waals surface area contributed by atoms with Crippen molar-refractivity contribution in [3.05, 3.63) is 65.1 Å². The predicted molar refractivity (Wildman–Crippen MR) is 73.5 cm³/mol. The number of aromatic nitrogens is 1. The van der Waals surface area contributed by atoms with E-state index in [0.717, 1.165) is 11.3 Å². The van der Waals surface area contributed by atoms with Crippen molar-refractivity contribution in [3.63, 3.8) is 0 Å². The summed E-state index contributed by atoms with van der Waals surface area (Å²) in [6.07, 6.45) is 3.99. The van der Waals surface area contributed by atoms with Gasteiger partial charge >= 0.3 is 0 Å². The first-order valence-corrected chi connectivity index (χ1v) is 5.85. The molecule has 102 valence electrons. The molecular formula is C14H13N3O3. The Labute approximate surface area is 115 Å². The van der Waals surface area contributed by atoms with E-state index in [1.54, 1.807) is 19.2 Å². The number of methoxy groups -OCH3 is 1. The molecule has 0 fully saturated rings. The van der Waals surface area contributed by atoms with E-state index in [0.29, 0.717) is 4.73 Å². The number of rotatable bonds is 4. The van der Waals surface area contributed by atoms with E-state index in [1.807, 2.05) is 12.1 Å². The molecule has 0 aliphatic heterocycles. The fourth-order valence-electron chi connectivity index (χ4n) is 1.51. The fourth-order valence-corrected chi connectivity index (χ4v) is 1.51. The lowest BCUT2D eigenvalue weighted by molar-refractivity contribution is -0.605. The molecule has 0 unspecified atom stereocenters. The standard InChI is InChI=1S/C14H13N3O3/c1-20-13-6-4-11(5-7-13)9-15-16-14(18)12-3-2-8-17(19)10-12/h2-10H,1H3,(H,16,18). The minimum atomic E-state index is -0.444. The molecule has 0 bridgehead atoms. The molecule has 0 spiro atoms. The number of hydrogen-bond donors (Lipinski definition) is 1. The minimum Gasteiger partial charge on any atom is -0.619 e. The number of nitrogens with zero attached hydrogens (tertiary/aromatic N) is 2. The van der Waals surface area contributed by atoms with Gasteiger partial charge in [-0.05, 0) is 35.9 Å². The lowest BCUT2D eigenvalue weighted by Gasteiger charge is -2.00. The van der Waals surface area contributed by atoms with Gasteiger partial charge in [0.2, 0.25) is 0 Å². The van der Waals surface area contributed by atoms with Crippen LogP contribution in [-0.4, -0.2) is 19.2 Å². The highest BCUT2D eigenvalue weighted by Gasteiger charge is 2.06. The zero-order valence-corrected chi connectivity index (χ0v) is 10.8. The van der Waals surface area contributed by atoms with Crippen molar-refractivity contribution in [1.29, 1.82) is 0 Å². The van der Waals surface area contributed by atoms with Crippen LogP contribution in [0.5, 0.6) is 5.75 Å². The second-order valence-corrected chi connectivity index (χ2v) is 3.92. The van der Waals surface area contributed by atoms with Crippen molar-refractivity contribution in [2.75, 3.05) is 7.11 Å². The maximum absolute atomic E-state index is 11.7. The largest absolute Gasteiger partial charge is 0.619 e. The van der Waals surface area contributed by atoms with Gasteiger partial charge in [0.05, 0.1) is 13.3 Å². The third-order valence-corrected chi connectivity index (χ3v) is 2.53. The van der Waals surface area contributed by atoms with Crippen LogP contribution in [0.25, 0.3) is 0 Å². The average molecular weight is 271 g/mol. The quantitative estimate of drug-likeness (QED) is 0.391. The van der Waals surface area contributed by atoms with E-state index in [4.69, 9.17) is 4.74 Å². The molecule has 0 radical (unpaired) electrons. The molecule has 0 saturated heterocycles. The zero-order chi connectivity index (χ0) is 14.4. The summed E-state index contributed by atoms with van der Waals surface area (Å²) in [4.78, 5) is 11.7. The molecule has 1 N–H and O–H groups in total. The summed E-state index contributed by atoms with van der Waals surface area (Å²) in [6.45, 7) is 0. The van der Waals surface area contributed by atoms with E-state index in [1.165, 1.54) is 30.7 Å². The molecule has 6 nitrogen and oxygen atoms in total. The summed E-state index contributed by atoms with van der Waals surface area (Å²) in [6, 6.07) is 10.2. The number of hydrazone groups is 1. The number of ether oxygens (including phenoxy) is 1. The van der Waals surface area contributed by atoms with Gasteiger partial charge in [0.1, 0.15) is 11.3 Å². The van der Waals surface area contributed by atoms with Crippen LogP contribution in [-0.2, 0) is 0 Å². The molecule has 6 heteroatoms. The van der Waals surface area contributed by atoms with Gasteiger partial charge in [0.15, 0.2) is 12.4 Å². The van der Waals surface area contributed by atoms with Gasteiger partial charge in [0.25, 0.3) is 5.91 Å². The van der Waals surface area contributed by atoms with E-state index < -0.39 is 5.91 Å². The van der Waals surface area contributed by atoms with E-state index >= 15 is 0 Å². The van der Waals surface area contributed by atoms with E-state index in [9.17, 15) is 10.0 Å². The third-order valence-electron chi connectivity index (χ3n) is 2.53.